The van der Waals surface area contributed by atoms with E-state index in [9.17, 15) is 4.79 Å². The van der Waals surface area contributed by atoms with E-state index in [1.54, 1.807) is 18.2 Å². The summed E-state index contributed by atoms with van der Waals surface area (Å²) in [5.74, 6) is 2.06. The number of nitrogens with zero attached hydrogens (tertiary/aromatic N) is 4. The highest BCUT2D eigenvalue weighted by molar-refractivity contribution is 5.95. The van der Waals surface area contributed by atoms with E-state index in [1.165, 1.54) is 0 Å². The second-order valence-corrected chi connectivity index (χ2v) is 7.18. The predicted molar refractivity (Wildman–Crippen MR) is 101 cm³/mol. The third kappa shape index (κ3) is 3.03. The van der Waals surface area contributed by atoms with Crippen LogP contribution in [0.5, 0.6) is 11.5 Å². The molecule has 0 spiro atoms. The number of amides is 1. The first-order chi connectivity index (χ1) is 13.7. The lowest BCUT2D eigenvalue weighted by Gasteiger charge is -2.32. The first kappa shape index (κ1) is 17.2. The highest BCUT2D eigenvalue weighted by atomic mass is 16.7. The largest absolute Gasteiger partial charge is 0.454 e. The number of morpholine rings is 1. The third-order valence-electron chi connectivity index (χ3n) is 5.46. The molecule has 0 atom stereocenters. The van der Waals surface area contributed by atoms with Crippen LogP contribution >= 0.6 is 0 Å². The Labute approximate surface area is 163 Å². The molecule has 8 nitrogen and oxygen atoms in total. The van der Waals surface area contributed by atoms with Gasteiger partial charge in [0.05, 0.1) is 18.9 Å². The van der Waals surface area contributed by atoms with Crippen LogP contribution in [-0.4, -0.2) is 60.4 Å². The van der Waals surface area contributed by atoms with Crippen LogP contribution in [0.4, 0.5) is 5.95 Å². The molecule has 1 aromatic carbocycles. The normalized spacial score (nSPS) is 18.2. The lowest BCUT2D eigenvalue weighted by molar-refractivity contribution is 0.0732. The number of ether oxygens (including phenoxy) is 3. The Bertz CT molecular complexity index is 927. The molecule has 0 aliphatic carbocycles. The Morgan fingerprint density at radius 1 is 1.07 bits per heavy atom. The Hall–Kier alpha value is -2.87. The molecule has 0 radical (unpaired) electrons. The zero-order valence-corrected chi connectivity index (χ0v) is 15.8. The summed E-state index contributed by atoms with van der Waals surface area (Å²) in [6.45, 7) is 6.40. The molecule has 1 saturated heterocycles. The lowest BCUT2D eigenvalue weighted by atomic mass is 10.0. The van der Waals surface area contributed by atoms with Crippen molar-refractivity contribution in [1.82, 2.24) is 14.9 Å². The number of carbonyl (C=O) groups is 1. The summed E-state index contributed by atoms with van der Waals surface area (Å²) in [5.41, 5.74) is 3.65. The zero-order valence-electron chi connectivity index (χ0n) is 15.8. The van der Waals surface area contributed by atoms with Crippen LogP contribution in [0.2, 0.25) is 0 Å². The van der Waals surface area contributed by atoms with Gasteiger partial charge in [0.2, 0.25) is 12.7 Å². The van der Waals surface area contributed by atoms with E-state index in [-0.39, 0.29) is 12.7 Å². The van der Waals surface area contributed by atoms with Crippen molar-refractivity contribution in [2.24, 2.45) is 0 Å². The second-order valence-electron chi connectivity index (χ2n) is 7.18. The van der Waals surface area contributed by atoms with E-state index in [1.807, 2.05) is 11.8 Å². The van der Waals surface area contributed by atoms with Crippen molar-refractivity contribution in [3.05, 3.63) is 40.7 Å². The lowest BCUT2D eigenvalue weighted by Crippen LogP contribution is -2.39. The van der Waals surface area contributed by atoms with Crippen LogP contribution in [0.3, 0.4) is 0 Å². The van der Waals surface area contributed by atoms with E-state index in [4.69, 9.17) is 24.2 Å². The molecule has 146 valence electrons. The predicted octanol–water partition coefficient (Wildman–Crippen LogP) is 1.55. The van der Waals surface area contributed by atoms with Crippen LogP contribution in [0.1, 0.15) is 27.3 Å². The number of hydrogen-bond donors (Lipinski definition) is 0. The SMILES string of the molecule is Cc1nc(N2CCOCC2)nc2c1CN(C(=O)c1ccc3c(c1)OCO3)CC2. The Morgan fingerprint density at radius 3 is 2.75 bits per heavy atom. The molecule has 1 aromatic heterocycles. The molecule has 5 rings (SSSR count). The van der Waals surface area contributed by atoms with Gasteiger partial charge < -0.3 is 24.0 Å². The van der Waals surface area contributed by atoms with Gasteiger partial charge in [-0.3, -0.25) is 4.79 Å². The monoisotopic (exact) mass is 382 g/mol. The van der Waals surface area contributed by atoms with Gasteiger partial charge in [-0.05, 0) is 25.1 Å². The van der Waals surface area contributed by atoms with E-state index in [0.29, 0.717) is 43.4 Å². The summed E-state index contributed by atoms with van der Waals surface area (Å²) in [6.07, 6.45) is 0.728. The maximum atomic E-state index is 13.0. The number of aromatic nitrogens is 2. The number of fused-ring (bicyclic) bond motifs is 2. The molecular formula is C20H22N4O4. The van der Waals surface area contributed by atoms with Crippen molar-refractivity contribution in [2.45, 2.75) is 19.9 Å². The van der Waals surface area contributed by atoms with Crippen LogP contribution in [0.15, 0.2) is 18.2 Å². The van der Waals surface area contributed by atoms with Gasteiger partial charge in [-0.25, -0.2) is 9.97 Å². The molecule has 3 aliphatic rings. The summed E-state index contributed by atoms with van der Waals surface area (Å²) in [6, 6.07) is 5.33. The van der Waals surface area contributed by atoms with Crippen LogP contribution in [0.25, 0.3) is 0 Å². The Balaban J connectivity index is 1.37. The van der Waals surface area contributed by atoms with E-state index < -0.39 is 0 Å². The summed E-state index contributed by atoms with van der Waals surface area (Å²) < 4.78 is 16.1. The maximum Gasteiger partial charge on any atom is 0.254 e. The smallest absolute Gasteiger partial charge is 0.254 e. The first-order valence-electron chi connectivity index (χ1n) is 9.57. The summed E-state index contributed by atoms with van der Waals surface area (Å²) in [7, 11) is 0. The van der Waals surface area contributed by atoms with Crippen molar-refractivity contribution in [1.29, 1.82) is 0 Å². The molecule has 0 saturated carbocycles. The van der Waals surface area contributed by atoms with Crippen molar-refractivity contribution < 1.29 is 19.0 Å². The summed E-state index contributed by atoms with van der Waals surface area (Å²) >= 11 is 0. The highest BCUT2D eigenvalue weighted by Crippen LogP contribution is 2.33. The number of aryl methyl sites for hydroxylation is 1. The number of rotatable bonds is 2. The molecule has 3 aliphatic heterocycles. The minimum atomic E-state index is -0.0133. The molecular weight excluding hydrogens is 360 g/mol. The molecule has 0 unspecified atom stereocenters. The molecule has 4 heterocycles. The molecule has 8 heteroatoms. The van der Waals surface area contributed by atoms with E-state index in [0.717, 1.165) is 42.4 Å². The van der Waals surface area contributed by atoms with Gasteiger partial charge in [-0.1, -0.05) is 0 Å². The van der Waals surface area contributed by atoms with Gasteiger partial charge in [-0.15, -0.1) is 0 Å². The maximum absolute atomic E-state index is 13.0. The topological polar surface area (TPSA) is 77.0 Å². The van der Waals surface area contributed by atoms with Crippen LogP contribution in [-0.2, 0) is 17.7 Å². The Morgan fingerprint density at radius 2 is 1.89 bits per heavy atom. The molecule has 1 fully saturated rings. The third-order valence-corrected chi connectivity index (χ3v) is 5.46. The fraction of sp³-hybridized carbons (Fsp3) is 0.450. The number of carbonyl (C=O) groups excluding carboxylic acids is 1. The van der Waals surface area contributed by atoms with Crippen LogP contribution in [0, 0.1) is 6.92 Å². The second kappa shape index (κ2) is 6.94. The van der Waals surface area contributed by atoms with Crippen LogP contribution < -0.4 is 14.4 Å². The highest BCUT2D eigenvalue weighted by Gasteiger charge is 2.27. The average molecular weight is 382 g/mol. The molecule has 0 N–H and O–H groups in total. The number of anilines is 1. The summed E-state index contributed by atoms with van der Waals surface area (Å²) in [5, 5.41) is 0. The van der Waals surface area contributed by atoms with Gasteiger partial charge in [-0.2, -0.15) is 0 Å². The number of benzene rings is 1. The van der Waals surface area contributed by atoms with Crippen molar-refractivity contribution in [2.75, 3.05) is 44.5 Å². The van der Waals surface area contributed by atoms with E-state index >= 15 is 0 Å². The van der Waals surface area contributed by atoms with Gasteiger partial charge in [0.1, 0.15) is 0 Å². The molecule has 0 bridgehead atoms. The standard InChI is InChI=1S/C20H22N4O4/c1-13-15-11-24(19(25)14-2-3-17-18(10-14)28-12-27-17)5-4-16(15)22-20(21-13)23-6-8-26-9-7-23/h2-3,10H,4-9,11-12H2,1H3. The average Bonchev–Trinajstić information content (AvgIpc) is 3.21. The van der Waals surface area contributed by atoms with Crippen molar-refractivity contribution in [3.8, 4) is 11.5 Å². The summed E-state index contributed by atoms with van der Waals surface area (Å²) in [4.78, 5) is 26.5. The minimum Gasteiger partial charge on any atom is -0.454 e. The minimum absolute atomic E-state index is 0.0133. The molecule has 1 amide bonds. The quantitative estimate of drug-likeness (QED) is 0.780. The van der Waals surface area contributed by atoms with Crippen molar-refractivity contribution >= 4 is 11.9 Å². The number of hydrogen-bond acceptors (Lipinski definition) is 7. The fourth-order valence-electron chi connectivity index (χ4n) is 3.85. The Kier molecular flexibility index (Phi) is 4.27. The van der Waals surface area contributed by atoms with Crippen molar-refractivity contribution in [3.63, 3.8) is 0 Å². The molecule has 28 heavy (non-hydrogen) atoms. The van der Waals surface area contributed by atoms with Gasteiger partial charge >= 0.3 is 0 Å². The molecule has 2 aromatic rings. The first-order valence-corrected chi connectivity index (χ1v) is 9.57. The van der Waals surface area contributed by atoms with Gasteiger partial charge in [0, 0.05) is 49.4 Å². The zero-order chi connectivity index (χ0) is 19.1. The van der Waals surface area contributed by atoms with Gasteiger partial charge in [0.15, 0.2) is 11.5 Å². The van der Waals surface area contributed by atoms with Gasteiger partial charge in [0.25, 0.3) is 5.91 Å². The fourth-order valence-corrected chi connectivity index (χ4v) is 3.85. The van der Waals surface area contributed by atoms with E-state index in [2.05, 4.69) is 4.90 Å².